The Morgan fingerprint density at radius 1 is 0.309 bits per heavy atom. The number of ether oxygens (including phenoxy) is 3. The standard InChI is InChI=1S/C62H94O6/c1-4-7-10-13-16-19-21-23-25-27-29-30-31-32-34-35-37-39-41-43-46-49-52-55-61(64)67-58-59(57-66-60(63)54-51-48-45-18-15-12-9-6-3)68-62(65)56-53-50-47-44-42-40-38-36-33-28-26-24-22-20-17-14-11-8-5-2/h7-8,10-11,16-17,19-20,23-26,29-30,32-34,36-37,39-40,42-43,46-47,50,59H,4-6,9,12-15,18,21-22,27-28,31,35,38,41,44-45,48-49,51-58H2,1-3H3/b10-7-,11-8-,19-16-,20-17-,25-23-,26-24-,30-29-,34-32-,36-33-,39-37-,42-40-,46-43-,50-47-. The normalized spacial score (nSPS) is 13.4. The van der Waals surface area contributed by atoms with Gasteiger partial charge < -0.3 is 14.2 Å². The lowest BCUT2D eigenvalue weighted by molar-refractivity contribution is -0.166. The summed E-state index contributed by atoms with van der Waals surface area (Å²) in [5.74, 6) is -1.10. The van der Waals surface area contributed by atoms with Gasteiger partial charge >= 0.3 is 17.9 Å². The monoisotopic (exact) mass is 935 g/mol. The molecule has 6 nitrogen and oxygen atoms in total. The molecule has 0 aromatic carbocycles. The molecule has 0 spiro atoms. The van der Waals surface area contributed by atoms with E-state index >= 15 is 0 Å². The Kier molecular flexibility index (Phi) is 50.6. The van der Waals surface area contributed by atoms with Crippen LogP contribution in [0.2, 0.25) is 0 Å². The molecule has 0 amide bonds. The molecule has 0 saturated carbocycles. The number of allylic oxidation sites excluding steroid dienone is 26. The minimum absolute atomic E-state index is 0.133. The fourth-order valence-electron chi connectivity index (χ4n) is 6.40. The highest BCUT2D eigenvalue weighted by Crippen LogP contribution is 2.11. The van der Waals surface area contributed by atoms with E-state index in [2.05, 4.69) is 167 Å². The van der Waals surface area contributed by atoms with Gasteiger partial charge in [0.05, 0.1) is 0 Å². The molecular weight excluding hydrogens is 841 g/mol. The van der Waals surface area contributed by atoms with E-state index in [-0.39, 0.29) is 38.0 Å². The van der Waals surface area contributed by atoms with Crippen molar-refractivity contribution in [1.82, 2.24) is 0 Å². The number of esters is 3. The zero-order valence-electron chi connectivity index (χ0n) is 43.0. The van der Waals surface area contributed by atoms with Crippen LogP contribution in [0.4, 0.5) is 0 Å². The second kappa shape index (κ2) is 54.6. The summed E-state index contributed by atoms with van der Waals surface area (Å²) in [7, 11) is 0. The van der Waals surface area contributed by atoms with Crippen LogP contribution in [0.25, 0.3) is 0 Å². The summed E-state index contributed by atoms with van der Waals surface area (Å²) in [6.45, 7) is 6.24. The Hall–Kier alpha value is -4.97. The highest BCUT2D eigenvalue weighted by molar-refractivity contribution is 5.71. The lowest BCUT2D eigenvalue weighted by Gasteiger charge is -2.18. The quantitative estimate of drug-likeness (QED) is 0.0262. The summed E-state index contributed by atoms with van der Waals surface area (Å²) >= 11 is 0. The Balaban J connectivity index is 4.53. The average molecular weight is 935 g/mol. The first-order valence-electron chi connectivity index (χ1n) is 26.5. The van der Waals surface area contributed by atoms with Crippen LogP contribution in [0, 0.1) is 0 Å². The molecule has 1 unspecified atom stereocenters. The van der Waals surface area contributed by atoms with Gasteiger partial charge in [0.15, 0.2) is 6.10 Å². The van der Waals surface area contributed by atoms with Gasteiger partial charge in [0.25, 0.3) is 0 Å². The van der Waals surface area contributed by atoms with Crippen molar-refractivity contribution < 1.29 is 28.6 Å². The van der Waals surface area contributed by atoms with Gasteiger partial charge in [-0.3, -0.25) is 14.4 Å². The van der Waals surface area contributed by atoms with E-state index < -0.39 is 12.1 Å². The van der Waals surface area contributed by atoms with Crippen LogP contribution in [0.15, 0.2) is 158 Å². The van der Waals surface area contributed by atoms with Gasteiger partial charge in [0, 0.05) is 19.3 Å². The molecule has 0 radical (unpaired) electrons. The zero-order chi connectivity index (χ0) is 49.3. The van der Waals surface area contributed by atoms with Gasteiger partial charge in [-0.2, -0.15) is 0 Å². The molecule has 0 fully saturated rings. The largest absolute Gasteiger partial charge is 0.462 e. The highest BCUT2D eigenvalue weighted by atomic mass is 16.6. The third-order valence-corrected chi connectivity index (χ3v) is 10.3. The molecule has 0 aromatic heterocycles. The lowest BCUT2D eigenvalue weighted by atomic mass is 10.1. The minimum atomic E-state index is -0.847. The summed E-state index contributed by atoms with van der Waals surface area (Å²) in [4.78, 5) is 37.9. The number of carbonyl (C=O) groups excluding carboxylic acids is 3. The topological polar surface area (TPSA) is 78.9 Å². The van der Waals surface area contributed by atoms with E-state index in [0.29, 0.717) is 19.3 Å². The van der Waals surface area contributed by atoms with E-state index in [1.165, 1.54) is 32.1 Å². The zero-order valence-corrected chi connectivity index (χ0v) is 43.0. The SMILES string of the molecule is CC/C=C\C/C=C\C/C=C\C/C=C\C/C=C\C/C=C\C/C=C\CCCC(=O)OCC(COC(=O)CCCCCCCCCC)OC(=O)CC/C=C\C/C=C\C/C=C\C/C=C\C/C=C\C/C=C\CC. The van der Waals surface area contributed by atoms with Crippen LogP contribution in [0.3, 0.4) is 0 Å². The van der Waals surface area contributed by atoms with Crippen LogP contribution in [0.5, 0.6) is 0 Å². The summed E-state index contributed by atoms with van der Waals surface area (Å²) in [6, 6.07) is 0. The predicted molar refractivity (Wildman–Crippen MR) is 292 cm³/mol. The molecular formula is C62H94O6. The van der Waals surface area contributed by atoms with Gasteiger partial charge in [-0.15, -0.1) is 0 Å². The molecule has 0 aromatic rings. The fraction of sp³-hybridized carbons (Fsp3) is 0.532. The van der Waals surface area contributed by atoms with Crippen molar-refractivity contribution in [2.45, 2.75) is 200 Å². The van der Waals surface area contributed by atoms with Crippen molar-refractivity contribution in [3.8, 4) is 0 Å². The van der Waals surface area contributed by atoms with Gasteiger partial charge in [0.2, 0.25) is 0 Å². The predicted octanol–water partition coefficient (Wildman–Crippen LogP) is 17.8. The highest BCUT2D eigenvalue weighted by Gasteiger charge is 2.19. The van der Waals surface area contributed by atoms with Crippen molar-refractivity contribution in [2.24, 2.45) is 0 Å². The van der Waals surface area contributed by atoms with Crippen LogP contribution in [-0.4, -0.2) is 37.2 Å². The van der Waals surface area contributed by atoms with Crippen molar-refractivity contribution in [3.63, 3.8) is 0 Å². The number of hydrogen-bond donors (Lipinski definition) is 0. The Morgan fingerprint density at radius 3 is 0.956 bits per heavy atom. The van der Waals surface area contributed by atoms with Gasteiger partial charge in [-0.05, 0) is 109 Å². The van der Waals surface area contributed by atoms with Crippen molar-refractivity contribution in [3.05, 3.63) is 158 Å². The second-order valence-corrected chi connectivity index (χ2v) is 16.7. The lowest BCUT2D eigenvalue weighted by Crippen LogP contribution is -2.30. The average Bonchev–Trinajstić information content (AvgIpc) is 3.34. The van der Waals surface area contributed by atoms with Crippen LogP contribution in [-0.2, 0) is 28.6 Å². The summed E-state index contributed by atoms with van der Waals surface area (Å²) < 4.78 is 16.6. The molecule has 68 heavy (non-hydrogen) atoms. The van der Waals surface area contributed by atoms with Gasteiger partial charge in [-0.25, -0.2) is 0 Å². The number of carbonyl (C=O) groups is 3. The Morgan fingerprint density at radius 2 is 0.603 bits per heavy atom. The summed E-state index contributed by atoms with van der Waals surface area (Å²) in [5, 5.41) is 0. The first-order chi connectivity index (χ1) is 33.5. The number of hydrogen-bond acceptors (Lipinski definition) is 6. The first kappa shape index (κ1) is 63.0. The smallest absolute Gasteiger partial charge is 0.306 e. The van der Waals surface area contributed by atoms with Crippen molar-refractivity contribution in [2.75, 3.05) is 13.2 Å². The molecule has 1 atom stereocenters. The Labute approximate surface area is 416 Å². The maximum absolute atomic E-state index is 12.8. The van der Waals surface area contributed by atoms with E-state index in [0.717, 1.165) is 109 Å². The fourth-order valence-corrected chi connectivity index (χ4v) is 6.40. The second-order valence-electron chi connectivity index (χ2n) is 16.7. The minimum Gasteiger partial charge on any atom is -0.462 e. The molecule has 0 aliphatic heterocycles. The number of rotatable bonds is 45. The molecule has 0 saturated heterocycles. The van der Waals surface area contributed by atoms with E-state index in [1.807, 2.05) is 12.2 Å². The molecule has 0 N–H and O–H groups in total. The molecule has 0 aliphatic rings. The molecule has 0 rings (SSSR count). The summed E-state index contributed by atoms with van der Waals surface area (Å²) in [5.41, 5.74) is 0. The third-order valence-electron chi connectivity index (χ3n) is 10.3. The molecule has 378 valence electrons. The van der Waals surface area contributed by atoms with E-state index in [1.54, 1.807) is 0 Å². The Bertz CT molecular complexity index is 1590. The van der Waals surface area contributed by atoms with Crippen LogP contribution < -0.4 is 0 Å². The molecule has 0 heterocycles. The first-order valence-corrected chi connectivity index (χ1v) is 26.5. The van der Waals surface area contributed by atoms with Gasteiger partial charge in [-0.1, -0.05) is 224 Å². The maximum Gasteiger partial charge on any atom is 0.306 e. The van der Waals surface area contributed by atoms with Crippen LogP contribution >= 0.6 is 0 Å². The van der Waals surface area contributed by atoms with Gasteiger partial charge in [0.1, 0.15) is 13.2 Å². The third kappa shape index (κ3) is 52.0. The van der Waals surface area contributed by atoms with Crippen molar-refractivity contribution >= 4 is 17.9 Å². The van der Waals surface area contributed by atoms with Crippen molar-refractivity contribution in [1.29, 1.82) is 0 Å². The molecule has 0 aliphatic carbocycles. The van der Waals surface area contributed by atoms with E-state index in [9.17, 15) is 14.4 Å². The molecule has 6 heteroatoms. The molecule has 0 bridgehead atoms. The number of unbranched alkanes of at least 4 members (excludes halogenated alkanes) is 8. The van der Waals surface area contributed by atoms with Crippen LogP contribution in [0.1, 0.15) is 194 Å². The van der Waals surface area contributed by atoms with E-state index in [4.69, 9.17) is 14.2 Å². The maximum atomic E-state index is 12.8. The summed E-state index contributed by atoms with van der Waals surface area (Å²) in [6.07, 6.45) is 79.7.